The van der Waals surface area contributed by atoms with E-state index in [-0.39, 0.29) is 17.3 Å². The maximum absolute atomic E-state index is 13.7. The Balaban J connectivity index is 2.02. The monoisotopic (exact) mass is 283 g/mol. The van der Waals surface area contributed by atoms with Gasteiger partial charge >= 0.3 is 0 Å². The van der Waals surface area contributed by atoms with Gasteiger partial charge in [-0.05, 0) is 31.5 Å². The molecule has 2 rings (SSSR count). The predicted molar refractivity (Wildman–Crippen MR) is 73.4 cm³/mol. The molecule has 1 aliphatic heterocycles. The van der Waals surface area contributed by atoms with E-state index in [1.54, 1.807) is 0 Å². The molecule has 0 atom stereocenters. The maximum Gasteiger partial charge on any atom is 0.254 e. The van der Waals surface area contributed by atoms with Crippen molar-refractivity contribution in [3.63, 3.8) is 0 Å². The topological polar surface area (TPSA) is 58.4 Å². The molecule has 1 fully saturated rings. The molecule has 1 saturated heterocycles. The van der Waals surface area contributed by atoms with Gasteiger partial charge in [0.15, 0.2) is 5.82 Å². The van der Waals surface area contributed by atoms with Crippen molar-refractivity contribution in [2.24, 2.45) is 0 Å². The van der Waals surface area contributed by atoms with Crippen molar-refractivity contribution < 1.29 is 13.6 Å². The van der Waals surface area contributed by atoms with E-state index in [4.69, 9.17) is 5.73 Å². The number of likely N-dealkylation sites (tertiary alicyclic amines) is 1. The fourth-order valence-electron chi connectivity index (χ4n) is 2.43. The van der Waals surface area contributed by atoms with E-state index in [9.17, 15) is 13.6 Å². The number of nitrogens with zero attached hydrogens (tertiary/aromatic N) is 1. The summed E-state index contributed by atoms with van der Waals surface area (Å²) in [6.45, 7) is 4.87. The number of nitrogen functional groups attached to an aromatic ring is 1. The summed E-state index contributed by atoms with van der Waals surface area (Å²) < 4.78 is 27.0. The summed E-state index contributed by atoms with van der Waals surface area (Å²) in [4.78, 5) is 14.3. The summed E-state index contributed by atoms with van der Waals surface area (Å²) in [5.74, 6) is -2.19. The van der Waals surface area contributed by atoms with Crippen LogP contribution in [-0.2, 0) is 0 Å². The van der Waals surface area contributed by atoms with Gasteiger partial charge in [0.05, 0.1) is 11.3 Å². The number of benzene rings is 1. The van der Waals surface area contributed by atoms with Crippen LogP contribution in [-0.4, -0.2) is 36.5 Å². The number of rotatable bonds is 3. The standard InChI is InChI=1S/C14H19F2N3O/c1-2-19-5-3-10(4-6-19)18-14(20)11-7-9(15)8-12(17)13(11)16/h7-8,10H,2-6,17H2,1H3,(H,18,20). The summed E-state index contributed by atoms with van der Waals surface area (Å²) >= 11 is 0. The van der Waals surface area contributed by atoms with Crippen LogP contribution < -0.4 is 11.1 Å². The predicted octanol–water partition coefficient (Wildman–Crippen LogP) is 1.76. The first-order valence-corrected chi connectivity index (χ1v) is 6.79. The van der Waals surface area contributed by atoms with E-state index in [2.05, 4.69) is 17.1 Å². The molecule has 3 N–H and O–H groups in total. The molecule has 0 saturated carbocycles. The fraction of sp³-hybridized carbons (Fsp3) is 0.500. The summed E-state index contributed by atoms with van der Waals surface area (Å²) in [7, 11) is 0. The lowest BCUT2D eigenvalue weighted by Gasteiger charge is -2.31. The quantitative estimate of drug-likeness (QED) is 0.831. The number of anilines is 1. The third-order valence-electron chi connectivity index (χ3n) is 3.68. The lowest BCUT2D eigenvalue weighted by Crippen LogP contribution is -2.44. The first-order chi connectivity index (χ1) is 9.51. The molecule has 0 unspecified atom stereocenters. The Morgan fingerprint density at radius 2 is 2.05 bits per heavy atom. The summed E-state index contributed by atoms with van der Waals surface area (Å²) in [5.41, 5.74) is 4.64. The molecule has 1 aromatic carbocycles. The molecule has 1 amide bonds. The van der Waals surface area contributed by atoms with Crippen LogP contribution in [0.2, 0.25) is 0 Å². The van der Waals surface area contributed by atoms with Crippen molar-refractivity contribution in [1.82, 2.24) is 10.2 Å². The highest BCUT2D eigenvalue weighted by Crippen LogP contribution is 2.18. The van der Waals surface area contributed by atoms with Crippen LogP contribution in [0, 0.1) is 11.6 Å². The van der Waals surface area contributed by atoms with Crippen molar-refractivity contribution >= 4 is 11.6 Å². The molecule has 4 nitrogen and oxygen atoms in total. The third kappa shape index (κ3) is 3.25. The first-order valence-electron chi connectivity index (χ1n) is 6.79. The van der Waals surface area contributed by atoms with E-state index in [1.807, 2.05) is 0 Å². The number of amides is 1. The zero-order chi connectivity index (χ0) is 14.7. The van der Waals surface area contributed by atoms with Crippen LogP contribution in [0.4, 0.5) is 14.5 Å². The van der Waals surface area contributed by atoms with Gasteiger partial charge in [-0.3, -0.25) is 4.79 Å². The third-order valence-corrected chi connectivity index (χ3v) is 3.68. The summed E-state index contributed by atoms with van der Waals surface area (Å²) in [6.07, 6.45) is 1.62. The Bertz CT molecular complexity index is 499. The molecular weight excluding hydrogens is 264 g/mol. The molecule has 0 spiro atoms. The Hall–Kier alpha value is -1.69. The van der Waals surface area contributed by atoms with Gasteiger partial charge in [0.25, 0.3) is 5.91 Å². The Morgan fingerprint density at radius 1 is 1.40 bits per heavy atom. The lowest BCUT2D eigenvalue weighted by atomic mass is 10.0. The van der Waals surface area contributed by atoms with Crippen molar-refractivity contribution in [3.05, 3.63) is 29.3 Å². The number of hydrogen-bond acceptors (Lipinski definition) is 3. The van der Waals surface area contributed by atoms with E-state index in [0.29, 0.717) is 0 Å². The zero-order valence-electron chi connectivity index (χ0n) is 11.5. The fourth-order valence-corrected chi connectivity index (χ4v) is 2.43. The number of carbonyl (C=O) groups excluding carboxylic acids is 1. The summed E-state index contributed by atoms with van der Waals surface area (Å²) in [5, 5.41) is 2.75. The number of piperidine rings is 1. The molecule has 110 valence electrons. The molecular formula is C14H19F2N3O. The molecule has 1 aliphatic rings. The van der Waals surface area contributed by atoms with Gasteiger partial charge in [-0.2, -0.15) is 0 Å². The smallest absolute Gasteiger partial charge is 0.254 e. The molecule has 0 aliphatic carbocycles. The van der Waals surface area contributed by atoms with Crippen LogP contribution in [0.15, 0.2) is 12.1 Å². The minimum absolute atomic E-state index is 0.00538. The maximum atomic E-state index is 13.7. The highest BCUT2D eigenvalue weighted by Gasteiger charge is 2.22. The van der Waals surface area contributed by atoms with Gasteiger partial charge in [-0.25, -0.2) is 8.78 Å². The zero-order valence-corrected chi connectivity index (χ0v) is 11.5. The Morgan fingerprint density at radius 3 is 2.65 bits per heavy atom. The Labute approximate surface area is 116 Å². The van der Waals surface area contributed by atoms with E-state index >= 15 is 0 Å². The van der Waals surface area contributed by atoms with E-state index < -0.39 is 17.5 Å². The van der Waals surface area contributed by atoms with Crippen molar-refractivity contribution in [3.8, 4) is 0 Å². The lowest BCUT2D eigenvalue weighted by molar-refractivity contribution is 0.0908. The SMILES string of the molecule is CCN1CCC(NC(=O)c2cc(F)cc(N)c2F)CC1. The molecule has 0 bridgehead atoms. The van der Waals surface area contributed by atoms with E-state index in [1.165, 1.54) is 0 Å². The van der Waals surface area contributed by atoms with Crippen molar-refractivity contribution in [2.45, 2.75) is 25.8 Å². The molecule has 20 heavy (non-hydrogen) atoms. The molecule has 0 radical (unpaired) electrons. The largest absolute Gasteiger partial charge is 0.396 e. The minimum atomic E-state index is -0.866. The summed E-state index contributed by atoms with van der Waals surface area (Å²) in [6, 6.07) is 1.74. The second-order valence-corrected chi connectivity index (χ2v) is 5.04. The number of nitrogens with one attached hydrogen (secondary N) is 1. The van der Waals surface area contributed by atoms with Gasteiger partial charge in [0, 0.05) is 19.1 Å². The van der Waals surface area contributed by atoms with Gasteiger partial charge in [0.2, 0.25) is 0 Å². The molecule has 1 heterocycles. The second kappa shape index (κ2) is 6.17. The first kappa shape index (κ1) is 14.7. The number of nitrogens with two attached hydrogens (primary N) is 1. The normalized spacial score (nSPS) is 17.1. The Kier molecular flexibility index (Phi) is 4.54. The average molecular weight is 283 g/mol. The number of halogens is 2. The van der Waals surface area contributed by atoms with Gasteiger partial charge in [-0.1, -0.05) is 6.92 Å². The van der Waals surface area contributed by atoms with E-state index in [0.717, 1.165) is 44.6 Å². The highest BCUT2D eigenvalue weighted by atomic mass is 19.1. The molecule has 1 aromatic rings. The van der Waals surface area contributed by atoms with Crippen LogP contribution in [0.1, 0.15) is 30.1 Å². The minimum Gasteiger partial charge on any atom is -0.396 e. The molecule has 6 heteroatoms. The van der Waals surface area contributed by atoms with Gasteiger partial charge < -0.3 is 16.0 Å². The number of carbonyl (C=O) groups is 1. The van der Waals surface area contributed by atoms with Crippen LogP contribution in [0.5, 0.6) is 0 Å². The average Bonchev–Trinajstić information content (AvgIpc) is 2.43. The van der Waals surface area contributed by atoms with Crippen LogP contribution in [0.25, 0.3) is 0 Å². The highest BCUT2D eigenvalue weighted by molar-refractivity contribution is 5.95. The van der Waals surface area contributed by atoms with Crippen molar-refractivity contribution in [1.29, 1.82) is 0 Å². The van der Waals surface area contributed by atoms with Crippen LogP contribution >= 0.6 is 0 Å². The molecule has 0 aromatic heterocycles. The van der Waals surface area contributed by atoms with Gasteiger partial charge in [-0.15, -0.1) is 0 Å². The van der Waals surface area contributed by atoms with Crippen molar-refractivity contribution in [2.75, 3.05) is 25.4 Å². The second-order valence-electron chi connectivity index (χ2n) is 5.04. The van der Waals surface area contributed by atoms with Gasteiger partial charge in [0.1, 0.15) is 5.82 Å². The van der Waals surface area contributed by atoms with Crippen LogP contribution in [0.3, 0.4) is 0 Å². The number of hydrogen-bond donors (Lipinski definition) is 2.